The number of hydrogen-bond donors (Lipinski definition) is 0. The number of nitrogens with zero attached hydrogens (tertiary/aromatic N) is 4. The minimum Gasteiger partial charge on any atom is -1.00 e. The third kappa shape index (κ3) is 6.49. The quantitative estimate of drug-likeness (QED) is 0.151. The molecule has 0 atom stereocenters. The molecule has 0 aliphatic carbocycles. The summed E-state index contributed by atoms with van der Waals surface area (Å²) in [7, 11) is 0. The van der Waals surface area contributed by atoms with Crippen LogP contribution in [-0.4, -0.2) is 14.1 Å². The van der Waals surface area contributed by atoms with Crippen LogP contribution < -0.4 is 21.7 Å². The van der Waals surface area contributed by atoms with Gasteiger partial charge in [0.25, 0.3) is 6.33 Å². The second-order valence-corrected chi connectivity index (χ2v) is 14.8. The van der Waals surface area contributed by atoms with E-state index in [0.717, 1.165) is 33.2 Å². The third-order valence-corrected chi connectivity index (χ3v) is 10.3. The summed E-state index contributed by atoms with van der Waals surface area (Å²) in [4.78, 5) is 4.82. The molecule has 0 fully saturated rings. The van der Waals surface area contributed by atoms with Crippen molar-refractivity contribution in [2.75, 3.05) is 0 Å². The van der Waals surface area contributed by atoms with Crippen molar-refractivity contribution in [3.63, 3.8) is 0 Å². The number of benzene rings is 7. The predicted molar refractivity (Wildman–Crippen MR) is 233 cm³/mol. The van der Waals surface area contributed by atoms with E-state index in [4.69, 9.17) is 23.4 Å². The van der Waals surface area contributed by atoms with E-state index in [-0.39, 0.29) is 45.8 Å². The summed E-state index contributed by atoms with van der Waals surface area (Å²) < 4.78 is 99.3. The van der Waals surface area contributed by atoms with Gasteiger partial charge in [0, 0.05) is 40.2 Å². The summed E-state index contributed by atoms with van der Waals surface area (Å²) in [5.41, 5.74) is 5.46. The van der Waals surface area contributed by atoms with Crippen molar-refractivity contribution in [1.82, 2.24) is 14.1 Å². The Kier molecular flexibility index (Phi) is 6.87. The maximum absolute atomic E-state index is 9.00. The van der Waals surface area contributed by atoms with Gasteiger partial charge >= 0.3 is 0 Å². The fraction of sp³-hybridized carbons (Fsp3) is 0.0769. The summed E-state index contributed by atoms with van der Waals surface area (Å²) in [6.45, 7) is 6.54. The molecule has 10 rings (SSSR count). The fourth-order valence-corrected chi connectivity index (χ4v) is 7.57. The van der Waals surface area contributed by atoms with Gasteiger partial charge < -0.3 is 17.1 Å². The van der Waals surface area contributed by atoms with E-state index in [1.807, 2.05) is 89.6 Å². The van der Waals surface area contributed by atoms with Gasteiger partial charge in [0.05, 0.1) is 24.7 Å². The van der Waals surface area contributed by atoms with Crippen molar-refractivity contribution in [1.29, 1.82) is 0 Å². The first-order valence-corrected chi connectivity index (χ1v) is 18.6. The van der Waals surface area contributed by atoms with Crippen LogP contribution >= 0.6 is 0 Å². The van der Waals surface area contributed by atoms with Crippen molar-refractivity contribution in [3.8, 4) is 50.9 Å². The summed E-state index contributed by atoms with van der Waals surface area (Å²) in [5.74, 6) is 1.94. The average molecular weight is 783 g/mol. The third-order valence-electron chi connectivity index (χ3n) is 10.3. The summed E-state index contributed by atoms with van der Waals surface area (Å²) in [6.07, 6.45) is 3.63. The molecule has 7 aromatic carbocycles. The normalized spacial score (nSPS) is 14.0. The maximum Gasteiger partial charge on any atom is 0.255 e. The van der Waals surface area contributed by atoms with Crippen molar-refractivity contribution in [2.24, 2.45) is 0 Å². The van der Waals surface area contributed by atoms with Gasteiger partial charge in [0.1, 0.15) is 28.7 Å². The van der Waals surface area contributed by atoms with Gasteiger partial charge in [-0.05, 0) is 76.7 Å². The van der Waals surface area contributed by atoms with Gasteiger partial charge in [0.2, 0.25) is 0 Å². The number of halogens is 1. The molecule has 0 radical (unpaired) electrons. The molecule has 0 unspecified atom stereocenters. The van der Waals surface area contributed by atoms with Gasteiger partial charge in [-0.2, -0.15) is 9.13 Å². The lowest BCUT2D eigenvalue weighted by Crippen LogP contribution is -3.00. The standard InChI is InChI=1S/C52H41N4O.ClH/c1-52(2,3)38-30-31-53-50(32-38)56-46-25-11-10-22-44(46)45-29-28-41(34-49(45)56)57-40-21-14-20-39(33-40)54-35-55(48-27-13-12-26-47(48)54)51-42(36-16-6-4-7-17-36)23-15-24-43(51)37-18-8-5-9-19-37;/h4-35H,1-3H3;1H/q+1;/p-1/i4D,5D,6D,7D,8D,9D,16D,17D,18D,19D;. The van der Waals surface area contributed by atoms with E-state index < -0.39 is 60.4 Å². The van der Waals surface area contributed by atoms with Gasteiger partial charge in [-0.3, -0.25) is 4.57 Å². The van der Waals surface area contributed by atoms with E-state index in [9.17, 15) is 0 Å². The topological polar surface area (TPSA) is 35.9 Å². The molecule has 0 saturated carbocycles. The molecule has 282 valence electrons. The van der Waals surface area contributed by atoms with Crippen LogP contribution in [0.5, 0.6) is 11.5 Å². The smallest absolute Gasteiger partial charge is 0.255 e. The summed E-state index contributed by atoms with van der Waals surface area (Å²) in [5, 5.41) is 2.14. The van der Waals surface area contributed by atoms with E-state index in [0.29, 0.717) is 28.2 Å². The number of para-hydroxylation sites is 4. The van der Waals surface area contributed by atoms with Gasteiger partial charge in [-0.15, -0.1) is 0 Å². The van der Waals surface area contributed by atoms with Gasteiger partial charge in [0.15, 0.2) is 11.0 Å². The minimum absolute atomic E-state index is 0. The zero-order valence-electron chi connectivity index (χ0n) is 41.8. The maximum atomic E-state index is 9.00. The molecule has 0 amide bonds. The first kappa shape index (κ1) is 26.8. The molecule has 5 nitrogen and oxygen atoms in total. The Balaban J connectivity index is 0.00000578. The monoisotopic (exact) mass is 782 g/mol. The van der Waals surface area contributed by atoms with Crippen molar-refractivity contribution < 1.29 is 35.4 Å². The Labute approximate surface area is 358 Å². The van der Waals surface area contributed by atoms with E-state index >= 15 is 0 Å². The van der Waals surface area contributed by atoms with Crippen molar-refractivity contribution >= 4 is 32.8 Å². The number of aromatic nitrogens is 4. The number of fused-ring (bicyclic) bond motifs is 4. The average Bonchev–Trinajstić information content (AvgIpc) is 3.87. The fourth-order valence-electron chi connectivity index (χ4n) is 7.57. The lowest BCUT2D eigenvalue weighted by atomic mass is 9.88. The van der Waals surface area contributed by atoms with Crippen LogP contribution in [-0.2, 0) is 5.41 Å². The molecule has 6 heteroatoms. The Hall–Kier alpha value is -6.95. The number of imidazole rings is 1. The van der Waals surface area contributed by atoms with Crippen LogP contribution in [0.15, 0.2) is 194 Å². The van der Waals surface area contributed by atoms with Crippen LogP contribution in [0.4, 0.5) is 0 Å². The van der Waals surface area contributed by atoms with Gasteiger partial charge in [-0.1, -0.05) is 136 Å². The molecule has 0 saturated heterocycles. The second-order valence-electron chi connectivity index (χ2n) is 14.8. The van der Waals surface area contributed by atoms with Crippen LogP contribution in [0, 0.1) is 0 Å². The molecule has 0 aliphatic rings. The number of hydrogen-bond acceptors (Lipinski definition) is 2. The first-order valence-electron chi connectivity index (χ1n) is 23.6. The first-order chi connectivity index (χ1) is 32.0. The zero-order valence-corrected chi connectivity index (χ0v) is 32.5. The Morgan fingerprint density at radius 2 is 1.24 bits per heavy atom. The molecule has 0 bridgehead atoms. The van der Waals surface area contributed by atoms with Crippen molar-refractivity contribution in [3.05, 3.63) is 200 Å². The van der Waals surface area contributed by atoms with Crippen LogP contribution in [0.3, 0.4) is 0 Å². The lowest BCUT2D eigenvalue weighted by Gasteiger charge is -2.20. The molecule has 0 spiro atoms. The largest absolute Gasteiger partial charge is 1.00 e. The molecule has 3 heterocycles. The number of pyridine rings is 1. The molecule has 0 aliphatic heterocycles. The lowest BCUT2D eigenvalue weighted by molar-refractivity contribution is -0.567. The highest BCUT2D eigenvalue weighted by atomic mass is 35.5. The molecule has 10 aromatic rings. The summed E-state index contributed by atoms with van der Waals surface area (Å²) >= 11 is 0. The van der Waals surface area contributed by atoms with Crippen LogP contribution in [0.1, 0.15) is 40.0 Å². The molecule has 58 heavy (non-hydrogen) atoms. The molecular weight excluding hydrogens is 732 g/mol. The Bertz CT molecular complexity index is 3550. The molecule has 0 N–H and O–H groups in total. The Morgan fingerprint density at radius 3 is 1.97 bits per heavy atom. The van der Waals surface area contributed by atoms with Crippen LogP contribution in [0.2, 0.25) is 0 Å². The van der Waals surface area contributed by atoms with Gasteiger partial charge in [-0.25, -0.2) is 4.98 Å². The van der Waals surface area contributed by atoms with E-state index in [2.05, 4.69) is 49.6 Å². The van der Waals surface area contributed by atoms with Crippen LogP contribution in [0.25, 0.3) is 72.3 Å². The van der Waals surface area contributed by atoms with E-state index in [1.54, 1.807) is 29.1 Å². The Morgan fingerprint density at radius 1 is 0.603 bits per heavy atom. The number of ether oxygens (including phenoxy) is 1. The second kappa shape index (κ2) is 14.8. The zero-order chi connectivity index (χ0) is 47.2. The molecular formula is C52H41ClN4O. The number of rotatable bonds is 7. The van der Waals surface area contributed by atoms with Crippen molar-refractivity contribution in [2.45, 2.75) is 26.2 Å². The highest BCUT2D eigenvalue weighted by Gasteiger charge is 2.25. The highest BCUT2D eigenvalue weighted by Crippen LogP contribution is 2.38. The summed E-state index contributed by atoms with van der Waals surface area (Å²) in [6, 6.07) is 33.2. The van der Waals surface area contributed by atoms with E-state index in [1.165, 1.54) is 0 Å². The predicted octanol–water partition coefficient (Wildman–Crippen LogP) is 9.83. The highest BCUT2D eigenvalue weighted by molar-refractivity contribution is 6.09. The SMILES string of the molecule is [2H]c1c([2H])c([2H])c(-c2cccc(-c3c([2H])c([2H])c([2H])c([2H])c3[2H])c2-n2c[n+](-c3cccc(Oc4ccc5c6ccccc6n(-c6cc(C(C)(C)C)ccn6)c5c4)c3)c3ccccc32)c([2H])c1[2H].[Cl-]. The molecule has 3 aromatic heterocycles. The minimum atomic E-state index is -0.557.